The first kappa shape index (κ1) is 19.5. The Morgan fingerprint density at radius 1 is 1.19 bits per heavy atom. The highest BCUT2D eigenvalue weighted by Gasteiger charge is 2.73. The lowest BCUT2D eigenvalue weighted by Gasteiger charge is -2.16. The summed E-state index contributed by atoms with van der Waals surface area (Å²) in [4.78, 5) is 0.456. The van der Waals surface area contributed by atoms with Crippen LogP contribution in [0.1, 0.15) is 17.0 Å². The second-order valence-corrected chi connectivity index (χ2v) is 10.1. The van der Waals surface area contributed by atoms with Gasteiger partial charge in [-0.2, -0.15) is 0 Å². The van der Waals surface area contributed by atoms with Gasteiger partial charge in [-0.3, -0.25) is 0 Å². The van der Waals surface area contributed by atoms with Gasteiger partial charge in [0.1, 0.15) is 0 Å². The molecule has 1 saturated carbocycles. The van der Waals surface area contributed by atoms with Crippen LogP contribution in [-0.2, 0) is 14.6 Å². The van der Waals surface area contributed by atoms with Crippen molar-refractivity contribution in [2.24, 2.45) is 11.1 Å². The van der Waals surface area contributed by atoms with E-state index in [-0.39, 0.29) is 22.4 Å². The molecule has 4 nitrogen and oxygen atoms in total. The summed E-state index contributed by atoms with van der Waals surface area (Å²) in [5.41, 5.74) is 7.03. The average molecular weight is 454 g/mol. The summed E-state index contributed by atoms with van der Waals surface area (Å²) in [5.74, 6) is -0.334. The van der Waals surface area contributed by atoms with Gasteiger partial charge in [-0.05, 0) is 36.8 Å². The smallest absolute Gasteiger partial charge is 0.182 e. The molecular weight excluding hydrogens is 434 g/mol. The number of halogens is 1. The van der Waals surface area contributed by atoms with Gasteiger partial charge in [-0.25, -0.2) is 8.42 Å². The van der Waals surface area contributed by atoms with Gasteiger partial charge in [-0.1, -0.05) is 58.0 Å². The lowest BCUT2D eigenvalue weighted by Crippen LogP contribution is -2.33. The minimum absolute atomic E-state index is 0.165. The first-order chi connectivity index (χ1) is 12.2. The summed E-state index contributed by atoms with van der Waals surface area (Å²) in [6.07, 6.45) is 0. The van der Waals surface area contributed by atoms with Crippen LogP contribution in [0.2, 0.25) is 0 Å². The molecule has 2 aromatic carbocycles. The van der Waals surface area contributed by atoms with E-state index in [0.29, 0.717) is 0 Å². The van der Waals surface area contributed by atoms with E-state index in [0.717, 1.165) is 15.6 Å². The molecule has 2 aromatic rings. The summed E-state index contributed by atoms with van der Waals surface area (Å²) in [7, 11) is -2.09. The molecule has 0 radical (unpaired) electrons. The molecule has 3 rings (SSSR count). The SMILES string of the molecule is COC[C@]1(C(N)=S)[C@H](c2ccc(Br)cc2)[C@@H]1S(=O)(=O)c1ccc(C)cc1. The third-order valence-corrected chi connectivity index (χ3v) is 8.21. The zero-order chi connectivity index (χ0) is 19.1. The molecule has 0 unspecified atom stereocenters. The third kappa shape index (κ3) is 3.11. The zero-order valence-electron chi connectivity index (χ0n) is 14.5. The van der Waals surface area contributed by atoms with Crippen molar-refractivity contribution in [3.8, 4) is 0 Å². The Hall–Kier alpha value is -1.28. The highest BCUT2D eigenvalue weighted by Crippen LogP contribution is 2.64. The van der Waals surface area contributed by atoms with Gasteiger partial charge in [0.05, 0.1) is 27.2 Å². The first-order valence-corrected chi connectivity index (χ1v) is 10.8. The van der Waals surface area contributed by atoms with Crippen LogP contribution in [0.3, 0.4) is 0 Å². The number of aryl methyl sites for hydroxylation is 1. The van der Waals surface area contributed by atoms with Crippen LogP contribution >= 0.6 is 28.1 Å². The Morgan fingerprint density at radius 3 is 2.27 bits per heavy atom. The van der Waals surface area contributed by atoms with Crippen molar-refractivity contribution < 1.29 is 13.2 Å². The van der Waals surface area contributed by atoms with Crippen LogP contribution in [0.25, 0.3) is 0 Å². The summed E-state index contributed by atoms with van der Waals surface area (Å²) in [6, 6.07) is 14.5. The number of ether oxygens (including phenoxy) is 1. The molecule has 1 aliphatic rings. The molecule has 26 heavy (non-hydrogen) atoms. The van der Waals surface area contributed by atoms with Gasteiger partial charge >= 0.3 is 0 Å². The van der Waals surface area contributed by atoms with Gasteiger partial charge < -0.3 is 10.5 Å². The first-order valence-electron chi connectivity index (χ1n) is 8.10. The summed E-state index contributed by atoms with van der Waals surface area (Å²) in [6.45, 7) is 2.08. The van der Waals surface area contributed by atoms with E-state index in [1.54, 1.807) is 24.3 Å². The van der Waals surface area contributed by atoms with E-state index < -0.39 is 20.5 Å². The van der Waals surface area contributed by atoms with Crippen molar-refractivity contribution in [3.63, 3.8) is 0 Å². The molecule has 0 spiro atoms. The summed E-state index contributed by atoms with van der Waals surface area (Å²) in [5, 5.41) is -0.740. The lowest BCUT2D eigenvalue weighted by molar-refractivity contribution is 0.166. The molecule has 0 heterocycles. The van der Waals surface area contributed by atoms with E-state index in [2.05, 4.69) is 15.9 Å². The molecule has 0 saturated heterocycles. The highest BCUT2D eigenvalue weighted by atomic mass is 79.9. The Kier molecular flexibility index (Phi) is 5.27. The van der Waals surface area contributed by atoms with Gasteiger partial charge in [0.25, 0.3) is 0 Å². The number of hydrogen-bond donors (Lipinski definition) is 1. The van der Waals surface area contributed by atoms with Crippen molar-refractivity contribution in [2.75, 3.05) is 13.7 Å². The maximum Gasteiger partial charge on any atom is 0.182 e. The van der Waals surface area contributed by atoms with Gasteiger partial charge in [0, 0.05) is 17.5 Å². The minimum atomic E-state index is -3.62. The number of hydrogen-bond acceptors (Lipinski definition) is 4. The maximum atomic E-state index is 13.4. The number of rotatable bonds is 6. The normalized spacial score (nSPS) is 25.0. The van der Waals surface area contributed by atoms with Crippen LogP contribution in [0.5, 0.6) is 0 Å². The van der Waals surface area contributed by atoms with Crippen LogP contribution in [0.15, 0.2) is 57.9 Å². The quantitative estimate of drug-likeness (QED) is 0.676. The molecule has 2 N–H and O–H groups in total. The predicted octanol–water partition coefficient (Wildman–Crippen LogP) is 3.62. The average Bonchev–Trinajstić information content (AvgIpc) is 3.27. The molecule has 0 aliphatic heterocycles. The zero-order valence-corrected chi connectivity index (χ0v) is 17.7. The summed E-state index contributed by atoms with van der Waals surface area (Å²) >= 11 is 8.71. The maximum absolute atomic E-state index is 13.4. The van der Waals surface area contributed by atoms with Crippen molar-refractivity contribution in [2.45, 2.75) is 23.0 Å². The fourth-order valence-electron chi connectivity index (χ4n) is 3.65. The molecule has 0 bridgehead atoms. The minimum Gasteiger partial charge on any atom is -0.393 e. The predicted molar refractivity (Wildman–Crippen MR) is 110 cm³/mol. The number of benzene rings is 2. The number of nitrogens with two attached hydrogens (primary N) is 1. The number of thiocarbonyl (C=S) groups is 1. The number of methoxy groups -OCH3 is 1. The molecule has 0 amide bonds. The van der Waals surface area contributed by atoms with Crippen LogP contribution in [0, 0.1) is 12.3 Å². The highest BCUT2D eigenvalue weighted by molar-refractivity contribution is 9.10. The second-order valence-electron chi connectivity index (χ2n) is 6.65. The standard InChI is InChI=1S/C19H20BrNO3S2/c1-12-3-9-15(10-4-12)26(22,23)17-16(13-5-7-14(20)8-6-13)19(17,11-24-2)18(21)25/h3-10,16-17H,11H2,1-2H3,(H2,21,25)/t16-,17+,19+/m1/s1. The summed E-state index contributed by atoms with van der Waals surface area (Å²) < 4.78 is 33.0. The van der Waals surface area contributed by atoms with Crippen molar-refractivity contribution in [1.29, 1.82) is 0 Å². The fourth-order valence-corrected chi connectivity index (χ4v) is 6.69. The molecule has 3 atom stereocenters. The third-order valence-electron chi connectivity index (χ3n) is 5.01. The molecule has 7 heteroatoms. The number of sulfone groups is 1. The topological polar surface area (TPSA) is 69.4 Å². The van der Waals surface area contributed by atoms with E-state index >= 15 is 0 Å². The Balaban J connectivity index is 2.11. The van der Waals surface area contributed by atoms with Crippen molar-refractivity contribution >= 4 is 43.0 Å². The molecule has 1 aliphatic carbocycles. The molecule has 138 valence electrons. The lowest BCUT2D eigenvalue weighted by atomic mass is 10.00. The van der Waals surface area contributed by atoms with E-state index in [4.69, 9.17) is 22.7 Å². The van der Waals surface area contributed by atoms with E-state index in [9.17, 15) is 8.42 Å². The van der Waals surface area contributed by atoms with E-state index in [1.165, 1.54) is 7.11 Å². The Labute approximate surface area is 167 Å². The van der Waals surface area contributed by atoms with Crippen molar-refractivity contribution in [3.05, 3.63) is 64.1 Å². The van der Waals surface area contributed by atoms with Gasteiger partial charge in [0.2, 0.25) is 0 Å². The van der Waals surface area contributed by atoms with Gasteiger partial charge in [-0.15, -0.1) is 0 Å². The molecule has 0 aromatic heterocycles. The largest absolute Gasteiger partial charge is 0.393 e. The van der Waals surface area contributed by atoms with Crippen LogP contribution < -0.4 is 5.73 Å². The van der Waals surface area contributed by atoms with Crippen LogP contribution in [-0.4, -0.2) is 32.4 Å². The molecular formula is C19H20BrNO3S2. The fraction of sp³-hybridized carbons (Fsp3) is 0.316. The monoisotopic (exact) mass is 453 g/mol. The van der Waals surface area contributed by atoms with Crippen molar-refractivity contribution in [1.82, 2.24) is 0 Å². The van der Waals surface area contributed by atoms with Gasteiger partial charge in [0.15, 0.2) is 9.84 Å². The van der Waals surface area contributed by atoms with Crippen LogP contribution in [0.4, 0.5) is 0 Å². The second kappa shape index (κ2) is 7.03. The molecule has 1 fully saturated rings. The van der Waals surface area contributed by atoms with E-state index in [1.807, 2.05) is 31.2 Å². The Morgan fingerprint density at radius 2 is 1.77 bits per heavy atom. The Bertz CT molecular complexity index is 926.